The zero-order valence-corrected chi connectivity index (χ0v) is 12.7. The summed E-state index contributed by atoms with van der Waals surface area (Å²) in [5.41, 5.74) is 0. The average Bonchev–Trinajstić information content (AvgIpc) is 3.08. The van der Waals surface area contributed by atoms with Crippen molar-refractivity contribution in [2.75, 3.05) is 13.1 Å². The van der Waals surface area contributed by atoms with Crippen LogP contribution in [0.15, 0.2) is 28.9 Å². The first-order valence-electron chi connectivity index (χ1n) is 7.18. The molecule has 1 aliphatic heterocycles. The van der Waals surface area contributed by atoms with Crippen molar-refractivity contribution < 1.29 is 9.21 Å². The first-order valence-corrected chi connectivity index (χ1v) is 7.55. The van der Waals surface area contributed by atoms with Gasteiger partial charge in [0.2, 0.25) is 0 Å². The summed E-state index contributed by atoms with van der Waals surface area (Å²) in [6.45, 7) is 4.27. The summed E-state index contributed by atoms with van der Waals surface area (Å²) in [4.78, 5) is 14.3. The molecule has 0 aromatic carbocycles. The zero-order chi connectivity index (χ0) is 14.8. The Morgan fingerprint density at radius 1 is 1.52 bits per heavy atom. The molecule has 2 aromatic rings. The minimum Gasteiger partial charge on any atom is -0.454 e. The van der Waals surface area contributed by atoms with Crippen LogP contribution in [0.5, 0.6) is 0 Å². The summed E-state index contributed by atoms with van der Waals surface area (Å²) in [7, 11) is 0. The molecule has 0 spiro atoms. The minimum atomic E-state index is -0.0219. The second-order valence-corrected chi connectivity index (χ2v) is 6.06. The number of amides is 1. The van der Waals surface area contributed by atoms with E-state index in [2.05, 4.69) is 12.0 Å². The van der Waals surface area contributed by atoms with Gasteiger partial charge in [0.25, 0.3) is 5.91 Å². The molecule has 3 heterocycles. The van der Waals surface area contributed by atoms with Gasteiger partial charge >= 0.3 is 0 Å². The van der Waals surface area contributed by atoms with Crippen molar-refractivity contribution in [1.82, 2.24) is 14.7 Å². The molecule has 1 aliphatic rings. The molecule has 6 heteroatoms. The maximum Gasteiger partial charge on any atom is 0.289 e. The topological polar surface area (TPSA) is 51.3 Å². The van der Waals surface area contributed by atoms with Crippen LogP contribution in [-0.2, 0) is 6.54 Å². The molecular weight excluding hydrogens is 290 g/mol. The van der Waals surface area contributed by atoms with Crippen molar-refractivity contribution in [2.24, 2.45) is 5.92 Å². The monoisotopic (exact) mass is 307 g/mol. The molecule has 1 saturated heterocycles. The van der Waals surface area contributed by atoms with Crippen LogP contribution < -0.4 is 0 Å². The van der Waals surface area contributed by atoms with Gasteiger partial charge in [-0.25, -0.2) is 0 Å². The molecule has 5 nitrogen and oxygen atoms in total. The Hall–Kier alpha value is -1.75. The fourth-order valence-corrected chi connectivity index (χ4v) is 2.85. The Balaban J connectivity index is 1.68. The summed E-state index contributed by atoms with van der Waals surface area (Å²) >= 11 is 5.82. The van der Waals surface area contributed by atoms with Crippen LogP contribution in [0.2, 0.25) is 5.02 Å². The number of furan rings is 1. The summed E-state index contributed by atoms with van der Waals surface area (Å²) < 4.78 is 7.33. The number of carbonyl (C=O) groups is 1. The molecule has 0 saturated carbocycles. The summed E-state index contributed by atoms with van der Waals surface area (Å²) in [6, 6.07) is 3.55. The van der Waals surface area contributed by atoms with Gasteiger partial charge in [0.05, 0.1) is 17.8 Å². The molecule has 0 aliphatic carbocycles. The first-order chi connectivity index (χ1) is 10.1. The number of halogens is 1. The highest BCUT2D eigenvalue weighted by Gasteiger charge is 2.24. The van der Waals surface area contributed by atoms with Crippen molar-refractivity contribution >= 4 is 17.5 Å². The Kier molecular flexibility index (Phi) is 4.01. The standard InChI is InChI=1S/C15H18ClN3O2/c1-11-3-2-6-18(8-11)15(20)14-5-4-13(21-14)10-19-9-12(16)7-17-19/h4-5,7,9,11H,2-3,6,8,10H2,1H3/t11-/m1/s1. The van der Waals surface area contributed by atoms with Crippen LogP contribution in [0, 0.1) is 5.92 Å². The third-order valence-electron chi connectivity index (χ3n) is 3.74. The number of hydrogen-bond acceptors (Lipinski definition) is 3. The normalized spacial score (nSPS) is 19.0. The maximum absolute atomic E-state index is 12.4. The number of aromatic nitrogens is 2. The second kappa shape index (κ2) is 5.93. The van der Waals surface area contributed by atoms with E-state index in [9.17, 15) is 4.79 Å². The van der Waals surface area contributed by atoms with Crippen LogP contribution in [0.3, 0.4) is 0 Å². The molecule has 1 atom stereocenters. The quantitative estimate of drug-likeness (QED) is 0.875. The summed E-state index contributed by atoms with van der Waals surface area (Å²) in [5, 5.41) is 4.68. The van der Waals surface area contributed by atoms with Gasteiger partial charge < -0.3 is 9.32 Å². The molecule has 2 aromatic heterocycles. The third-order valence-corrected chi connectivity index (χ3v) is 3.93. The first kappa shape index (κ1) is 14.2. The highest BCUT2D eigenvalue weighted by Crippen LogP contribution is 2.19. The van der Waals surface area contributed by atoms with Crippen molar-refractivity contribution in [2.45, 2.75) is 26.3 Å². The molecule has 21 heavy (non-hydrogen) atoms. The van der Waals surface area contributed by atoms with Crippen LogP contribution in [0.1, 0.15) is 36.1 Å². The van der Waals surface area contributed by atoms with Crippen molar-refractivity contribution in [3.05, 3.63) is 41.1 Å². The van der Waals surface area contributed by atoms with E-state index in [0.29, 0.717) is 29.0 Å². The van der Waals surface area contributed by atoms with Crippen molar-refractivity contribution in [3.8, 4) is 0 Å². The SMILES string of the molecule is C[C@@H]1CCCN(C(=O)c2ccc(Cn3cc(Cl)cn3)o2)C1. The zero-order valence-electron chi connectivity index (χ0n) is 12.0. The molecule has 0 unspecified atom stereocenters. The molecule has 0 radical (unpaired) electrons. The van der Waals surface area contributed by atoms with Crippen molar-refractivity contribution in [3.63, 3.8) is 0 Å². The second-order valence-electron chi connectivity index (χ2n) is 5.62. The minimum absolute atomic E-state index is 0.0219. The molecule has 0 N–H and O–H groups in total. The van der Waals surface area contributed by atoms with E-state index in [1.54, 1.807) is 23.1 Å². The van der Waals surface area contributed by atoms with E-state index in [-0.39, 0.29) is 5.91 Å². The van der Waals surface area contributed by atoms with Crippen molar-refractivity contribution in [1.29, 1.82) is 0 Å². The lowest BCUT2D eigenvalue weighted by Gasteiger charge is -2.30. The van der Waals surface area contributed by atoms with E-state index in [1.165, 1.54) is 6.42 Å². The number of nitrogens with zero attached hydrogens (tertiary/aromatic N) is 3. The lowest BCUT2D eigenvalue weighted by Crippen LogP contribution is -2.38. The van der Waals surface area contributed by atoms with Gasteiger partial charge in [-0.3, -0.25) is 9.48 Å². The van der Waals surface area contributed by atoms with Gasteiger partial charge in [-0.2, -0.15) is 5.10 Å². The molecule has 1 amide bonds. The van der Waals surface area contributed by atoms with E-state index in [0.717, 1.165) is 19.5 Å². The molecule has 0 bridgehead atoms. The molecule has 112 valence electrons. The van der Waals surface area contributed by atoms with Crippen LogP contribution >= 0.6 is 11.6 Å². The Morgan fingerprint density at radius 2 is 2.38 bits per heavy atom. The van der Waals surface area contributed by atoms with Crippen LogP contribution in [-0.4, -0.2) is 33.7 Å². The predicted octanol–water partition coefficient (Wildman–Crippen LogP) is 3.05. The van der Waals surface area contributed by atoms with E-state index in [4.69, 9.17) is 16.0 Å². The van der Waals surface area contributed by atoms with Gasteiger partial charge in [-0.1, -0.05) is 18.5 Å². The van der Waals surface area contributed by atoms with Gasteiger partial charge in [-0.05, 0) is 30.9 Å². The predicted molar refractivity (Wildman–Crippen MR) is 79.3 cm³/mol. The van der Waals surface area contributed by atoms with Gasteiger partial charge in [0.1, 0.15) is 5.76 Å². The summed E-state index contributed by atoms with van der Waals surface area (Å²) in [6.07, 6.45) is 5.54. The average molecular weight is 308 g/mol. The van der Waals surface area contributed by atoms with E-state index < -0.39 is 0 Å². The smallest absolute Gasteiger partial charge is 0.289 e. The summed E-state index contributed by atoms with van der Waals surface area (Å²) in [5.74, 6) is 1.63. The number of rotatable bonds is 3. The highest BCUT2D eigenvalue weighted by atomic mass is 35.5. The largest absolute Gasteiger partial charge is 0.454 e. The Bertz CT molecular complexity index is 634. The lowest BCUT2D eigenvalue weighted by atomic mass is 10.0. The molecule has 3 rings (SSSR count). The molecular formula is C15H18ClN3O2. The van der Waals surface area contributed by atoms with Gasteiger partial charge in [-0.15, -0.1) is 0 Å². The van der Waals surface area contributed by atoms with Gasteiger partial charge in [0, 0.05) is 19.3 Å². The highest BCUT2D eigenvalue weighted by molar-refractivity contribution is 6.30. The Labute approximate surface area is 128 Å². The fraction of sp³-hybridized carbons (Fsp3) is 0.467. The molecule has 1 fully saturated rings. The maximum atomic E-state index is 12.4. The van der Waals surface area contributed by atoms with Crippen LogP contribution in [0.25, 0.3) is 0 Å². The number of hydrogen-bond donors (Lipinski definition) is 0. The number of carbonyl (C=O) groups excluding carboxylic acids is 1. The number of likely N-dealkylation sites (tertiary alicyclic amines) is 1. The Morgan fingerprint density at radius 3 is 3.10 bits per heavy atom. The fourth-order valence-electron chi connectivity index (χ4n) is 2.69. The number of piperidine rings is 1. The third kappa shape index (κ3) is 3.29. The van der Waals surface area contributed by atoms with E-state index in [1.807, 2.05) is 11.0 Å². The lowest BCUT2D eigenvalue weighted by molar-refractivity contribution is 0.0648. The van der Waals surface area contributed by atoms with Gasteiger partial charge in [0.15, 0.2) is 5.76 Å². The van der Waals surface area contributed by atoms with Crippen LogP contribution in [0.4, 0.5) is 0 Å². The van der Waals surface area contributed by atoms with E-state index >= 15 is 0 Å².